The third-order valence-electron chi connectivity index (χ3n) is 4.93. The Morgan fingerprint density at radius 3 is 2.21 bits per heavy atom. The highest BCUT2D eigenvalue weighted by atomic mass is 14.9. The minimum atomic E-state index is 0.814. The predicted molar refractivity (Wildman–Crippen MR) is 86.6 cm³/mol. The van der Waals surface area contributed by atoms with Crippen LogP contribution in [-0.2, 0) is 0 Å². The van der Waals surface area contributed by atoms with Crippen LogP contribution in [0, 0.1) is 11.8 Å². The Morgan fingerprint density at radius 1 is 0.895 bits per heavy atom. The normalized spacial score (nSPS) is 25.4. The molecule has 0 radical (unpaired) electrons. The molecule has 19 heavy (non-hydrogen) atoms. The summed E-state index contributed by atoms with van der Waals surface area (Å²) in [5, 5.41) is 3.84. The van der Waals surface area contributed by atoms with Gasteiger partial charge in [0.25, 0.3) is 0 Å². The third-order valence-corrected chi connectivity index (χ3v) is 4.93. The zero-order valence-corrected chi connectivity index (χ0v) is 13.7. The van der Waals surface area contributed by atoms with Crippen LogP contribution in [0.15, 0.2) is 0 Å². The molecule has 0 bridgehead atoms. The maximum Gasteiger partial charge on any atom is 0.00953 e. The topological polar surface area (TPSA) is 12.0 Å². The molecule has 1 aliphatic carbocycles. The molecule has 1 fully saturated rings. The summed E-state index contributed by atoms with van der Waals surface area (Å²) in [6, 6.07) is 0.814. The maximum atomic E-state index is 3.84. The summed E-state index contributed by atoms with van der Waals surface area (Å²) in [5.41, 5.74) is 0. The van der Waals surface area contributed by atoms with Crippen molar-refractivity contribution in [1.29, 1.82) is 0 Å². The van der Waals surface area contributed by atoms with E-state index in [0.29, 0.717) is 0 Å². The Labute approximate surface area is 121 Å². The highest BCUT2D eigenvalue weighted by Gasteiger charge is 2.26. The van der Waals surface area contributed by atoms with Crippen molar-refractivity contribution in [2.45, 2.75) is 97.4 Å². The Bertz CT molecular complexity index is 194. The molecule has 0 spiro atoms. The van der Waals surface area contributed by atoms with Gasteiger partial charge in [0.2, 0.25) is 0 Å². The number of rotatable bonds is 10. The Balaban J connectivity index is 2.33. The van der Waals surface area contributed by atoms with Crippen molar-refractivity contribution in [2.75, 3.05) is 6.54 Å². The van der Waals surface area contributed by atoms with E-state index in [1.807, 2.05) is 0 Å². The fraction of sp³-hybridized carbons (Fsp3) is 1.00. The first-order valence-corrected chi connectivity index (χ1v) is 9.05. The molecule has 0 saturated heterocycles. The second-order valence-electron chi connectivity index (χ2n) is 6.63. The molecule has 0 amide bonds. The third kappa shape index (κ3) is 6.79. The van der Waals surface area contributed by atoms with E-state index in [1.54, 1.807) is 0 Å². The summed E-state index contributed by atoms with van der Waals surface area (Å²) in [4.78, 5) is 0. The summed E-state index contributed by atoms with van der Waals surface area (Å²) < 4.78 is 0. The first kappa shape index (κ1) is 17.0. The Kier molecular flexibility index (Phi) is 9.59. The molecule has 1 rings (SSSR count). The lowest BCUT2D eigenvalue weighted by molar-refractivity contribution is 0.205. The van der Waals surface area contributed by atoms with Gasteiger partial charge in [-0.25, -0.2) is 0 Å². The summed E-state index contributed by atoms with van der Waals surface area (Å²) in [7, 11) is 0. The molecule has 0 aliphatic heterocycles. The lowest BCUT2D eigenvalue weighted by Gasteiger charge is -2.34. The Hall–Kier alpha value is -0.0400. The molecule has 1 aliphatic rings. The van der Waals surface area contributed by atoms with Crippen LogP contribution in [0.3, 0.4) is 0 Å². The van der Waals surface area contributed by atoms with Crippen molar-refractivity contribution in [3.8, 4) is 0 Å². The number of nitrogens with one attached hydrogen (secondary N) is 1. The van der Waals surface area contributed by atoms with Crippen LogP contribution in [0.25, 0.3) is 0 Å². The molecule has 1 unspecified atom stereocenters. The fourth-order valence-electron chi connectivity index (χ4n) is 3.74. The van der Waals surface area contributed by atoms with Gasteiger partial charge in [0.15, 0.2) is 0 Å². The summed E-state index contributed by atoms with van der Waals surface area (Å²) in [5.74, 6) is 2.01. The lowest BCUT2D eigenvalue weighted by Crippen LogP contribution is -2.38. The van der Waals surface area contributed by atoms with Gasteiger partial charge >= 0.3 is 0 Å². The molecule has 0 aromatic carbocycles. The molecular weight excluding hydrogens is 230 g/mol. The molecule has 1 saturated carbocycles. The molecule has 1 nitrogen and oxygen atoms in total. The van der Waals surface area contributed by atoms with Gasteiger partial charge in [-0.3, -0.25) is 0 Å². The van der Waals surface area contributed by atoms with E-state index in [4.69, 9.17) is 0 Å². The Morgan fingerprint density at radius 2 is 1.63 bits per heavy atom. The molecule has 1 atom stereocenters. The van der Waals surface area contributed by atoms with Crippen LogP contribution in [-0.4, -0.2) is 12.6 Å². The number of hydrogen-bond acceptors (Lipinski definition) is 1. The van der Waals surface area contributed by atoms with Crippen molar-refractivity contribution in [3.63, 3.8) is 0 Å². The smallest absolute Gasteiger partial charge is 0.00953 e. The zero-order valence-electron chi connectivity index (χ0n) is 13.7. The first-order valence-electron chi connectivity index (χ1n) is 9.05. The van der Waals surface area contributed by atoms with E-state index < -0.39 is 0 Å². The number of hydrogen-bond donors (Lipinski definition) is 1. The quantitative estimate of drug-likeness (QED) is 0.512. The first-order chi connectivity index (χ1) is 9.31. The van der Waals surface area contributed by atoms with E-state index in [0.717, 1.165) is 17.9 Å². The predicted octanol–water partition coefficient (Wildman–Crippen LogP) is 5.54. The van der Waals surface area contributed by atoms with E-state index in [9.17, 15) is 0 Å². The van der Waals surface area contributed by atoms with Gasteiger partial charge in [-0.2, -0.15) is 0 Å². The average Bonchev–Trinajstić information content (AvgIpc) is 2.44. The summed E-state index contributed by atoms with van der Waals surface area (Å²) >= 11 is 0. The van der Waals surface area contributed by atoms with Crippen molar-refractivity contribution < 1.29 is 0 Å². The molecule has 0 heterocycles. The van der Waals surface area contributed by atoms with Crippen LogP contribution in [0.2, 0.25) is 0 Å². The van der Waals surface area contributed by atoms with Gasteiger partial charge < -0.3 is 5.32 Å². The van der Waals surface area contributed by atoms with Crippen molar-refractivity contribution >= 4 is 0 Å². The van der Waals surface area contributed by atoms with Gasteiger partial charge in [0.1, 0.15) is 0 Å². The highest BCUT2D eigenvalue weighted by molar-refractivity contribution is 4.82. The van der Waals surface area contributed by atoms with Crippen molar-refractivity contribution in [1.82, 2.24) is 5.32 Å². The van der Waals surface area contributed by atoms with Crippen molar-refractivity contribution in [3.05, 3.63) is 0 Å². The van der Waals surface area contributed by atoms with Crippen LogP contribution in [0.4, 0.5) is 0 Å². The largest absolute Gasteiger partial charge is 0.314 e. The van der Waals surface area contributed by atoms with Gasteiger partial charge in [-0.1, -0.05) is 65.7 Å². The minimum Gasteiger partial charge on any atom is -0.314 e. The van der Waals surface area contributed by atoms with Crippen LogP contribution in [0.1, 0.15) is 91.4 Å². The maximum absolute atomic E-state index is 3.84. The van der Waals surface area contributed by atoms with Crippen LogP contribution < -0.4 is 5.32 Å². The van der Waals surface area contributed by atoms with Gasteiger partial charge in [0.05, 0.1) is 0 Å². The molecular formula is C18H37N. The molecule has 1 N–H and O–H groups in total. The average molecular weight is 268 g/mol. The van der Waals surface area contributed by atoms with E-state index in [-0.39, 0.29) is 0 Å². The van der Waals surface area contributed by atoms with E-state index in [2.05, 4.69) is 26.1 Å². The summed E-state index contributed by atoms with van der Waals surface area (Å²) in [6.07, 6.45) is 15.7. The fourth-order valence-corrected chi connectivity index (χ4v) is 3.74. The van der Waals surface area contributed by atoms with E-state index in [1.165, 1.54) is 77.2 Å². The highest BCUT2D eigenvalue weighted by Crippen LogP contribution is 2.34. The minimum absolute atomic E-state index is 0.814. The van der Waals surface area contributed by atoms with Crippen LogP contribution in [0.5, 0.6) is 0 Å². The number of unbranched alkanes of at least 4 members (excludes halogenated alkanes) is 2. The van der Waals surface area contributed by atoms with Gasteiger partial charge in [-0.05, 0) is 44.1 Å². The molecule has 1 heteroatoms. The SMILES string of the molecule is CCCCCC(NCCC)C1CCC(CCC)CC1. The second kappa shape index (κ2) is 10.7. The van der Waals surface area contributed by atoms with E-state index >= 15 is 0 Å². The molecule has 0 aromatic rings. The summed E-state index contributed by atoms with van der Waals surface area (Å²) in [6.45, 7) is 8.15. The zero-order chi connectivity index (χ0) is 13.9. The van der Waals surface area contributed by atoms with Crippen LogP contribution >= 0.6 is 0 Å². The van der Waals surface area contributed by atoms with Gasteiger partial charge in [0, 0.05) is 6.04 Å². The van der Waals surface area contributed by atoms with Crippen molar-refractivity contribution in [2.24, 2.45) is 11.8 Å². The standard InChI is InChI=1S/C18H37N/c1-4-7-8-10-18(19-15-6-3)17-13-11-16(9-5-2)12-14-17/h16-19H,4-15H2,1-3H3. The van der Waals surface area contributed by atoms with Gasteiger partial charge in [-0.15, -0.1) is 0 Å². The molecule has 0 aromatic heterocycles. The lowest BCUT2D eigenvalue weighted by atomic mass is 9.76. The molecule has 114 valence electrons. The monoisotopic (exact) mass is 267 g/mol. The second-order valence-corrected chi connectivity index (χ2v) is 6.63.